The molecule has 1 atom stereocenters. The topological polar surface area (TPSA) is 54.1 Å². The van der Waals surface area contributed by atoms with Crippen LogP contribution in [-0.4, -0.2) is 46.7 Å². The average molecular weight is 308 g/mol. The van der Waals surface area contributed by atoms with Gasteiger partial charge in [-0.2, -0.15) is 0 Å². The van der Waals surface area contributed by atoms with Gasteiger partial charge in [-0.05, 0) is 39.8 Å². The number of piperidine rings is 1. The van der Waals surface area contributed by atoms with Crippen molar-refractivity contribution in [2.24, 2.45) is 0 Å². The molecule has 4 nitrogen and oxygen atoms in total. The van der Waals surface area contributed by atoms with Gasteiger partial charge in [-0.25, -0.2) is 0 Å². The zero-order valence-corrected chi connectivity index (χ0v) is 14.2. The van der Waals surface area contributed by atoms with Crippen LogP contribution < -0.4 is 9.64 Å². The van der Waals surface area contributed by atoms with Gasteiger partial charge in [0.1, 0.15) is 25.0 Å². The molecule has 2 rings (SSSR count). The zero-order chi connectivity index (χ0) is 16.4. The summed E-state index contributed by atoms with van der Waals surface area (Å²) >= 11 is 0. The summed E-state index contributed by atoms with van der Waals surface area (Å²) in [6.07, 6.45) is 0.742. The number of aliphatic hydroxyl groups excluding tert-OH is 2. The van der Waals surface area contributed by atoms with Crippen LogP contribution in [0.15, 0.2) is 30.3 Å². The van der Waals surface area contributed by atoms with Crippen molar-refractivity contribution in [3.05, 3.63) is 30.3 Å². The highest BCUT2D eigenvalue weighted by atomic mass is 16.5. The van der Waals surface area contributed by atoms with Crippen molar-refractivity contribution >= 4 is 0 Å². The first kappa shape index (κ1) is 17.3. The number of quaternary nitrogens is 1. The molecule has 1 aromatic carbocycles. The van der Waals surface area contributed by atoms with Crippen LogP contribution in [0.25, 0.3) is 0 Å². The SMILES string of the molecule is CC1(C)CC(O)CC(C)(C)[NH+]1C[C@@H](O)COc1ccccc1. The lowest BCUT2D eigenvalue weighted by Gasteiger charge is -2.51. The van der Waals surface area contributed by atoms with Gasteiger partial charge in [0.2, 0.25) is 0 Å². The molecule has 22 heavy (non-hydrogen) atoms. The number of likely N-dealkylation sites (tertiary alicyclic amines) is 1. The molecule has 0 amide bonds. The molecule has 0 unspecified atom stereocenters. The number of hydrogen-bond donors (Lipinski definition) is 3. The second kappa shape index (κ2) is 6.57. The second-order valence-corrected chi connectivity index (χ2v) is 7.79. The molecule has 0 aliphatic carbocycles. The Hall–Kier alpha value is -1.10. The number of para-hydroxylation sites is 1. The van der Waals surface area contributed by atoms with Gasteiger partial charge in [-0.3, -0.25) is 0 Å². The first-order valence-corrected chi connectivity index (χ1v) is 8.11. The fourth-order valence-corrected chi connectivity index (χ4v) is 3.97. The molecule has 1 aromatic rings. The molecule has 1 fully saturated rings. The maximum Gasteiger partial charge on any atom is 0.137 e. The molecular weight excluding hydrogens is 278 g/mol. The molecule has 0 aromatic heterocycles. The molecular formula is C18H30NO3+. The molecule has 3 N–H and O–H groups in total. The Balaban J connectivity index is 1.95. The molecule has 0 saturated carbocycles. The Kier molecular flexibility index (Phi) is 5.15. The smallest absolute Gasteiger partial charge is 0.137 e. The predicted octanol–water partition coefficient (Wildman–Crippen LogP) is 1.02. The van der Waals surface area contributed by atoms with Crippen LogP contribution in [0.2, 0.25) is 0 Å². The lowest BCUT2D eigenvalue weighted by molar-refractivity contribution is -1.00. The van der Waals surface area contributed by atoms with E-state index in [1.807, 2.05) is 30.3 Å². The van der Waals surface area contributed by atoms with E-state index in [9.17, 15) is 10.2 Å². The maximum absolute atomic E-state index is 10.4. The summed E-state index contributed by atoms with van der Waals surface area (Å²) < 4.78 is 5.65. The van der Waals surface area contributed by atoms with E-state index in [-0.39, 0.29) is 17.2 Å². The maximum atomic E-state index is 10.4. The van der Waals surface area contributed by atoms with E-state index >= 15 is 0 Å². The lowest BCUT2D eigenvalue weighted by atomic mass is 9.78. The van der Waals surface area contributed by atoms with Crippen molar-refractivity contribution in [2.45, 2.75) is 63.8 Å². The summed E-state index contributed by atoms with van der Waals surface area (Å²) in [6.45, 7) is 9.57. The monoisotopic (exact) mass is 308 g/mol. The Bertz CT molecular complexity index is 454. The minimum Gasteiger partial charge on any atom is -0.491 e. The molecule has 1 heterocycles. The predicted molar refractivity (Wildman–Crippen MR) is 87.2 cm³/mol. The fraction of sp³-hybridized carbons (Fsp3) is 0.667. The van der Waals surface area contributed by atoms with Crippen molar-refractivity contribution < 1.29 is 19.8 Å². The van der Waals surface area contributed by atoms with Gasteiger partial charge >= 0.3 is 0 Å². The van der Waals surface area contributed by atoms with Gasteiger partial charge in [-0.1, -0.05) is 18.2 Å². The van der Waals surface area contributed by atoms with Crippen LogP contribution in [0.5, 0.6) is 5.75 Å². The summed E-state index contributed by atoms with van der Waals surface area (Å²) in [5.41, 5.74) is -0.121. The van der Waals surface area contributed by atoms with Crippen LogP contribution in [-0.2, 0) is 0 Å². The molecule has 1 aliphatic rings. The molecule has 0 radical (unpaired) electrons. The van der Waals surface area contributed by atoms with Crippen molar-refractivity contribution in [1.29, 1.82) is 0 Å². The number of aliphatic hydroxyl groups is 2. The summed E-state index contributed by atoms with van der Waals surface area (Å²) in [6, 6.07) is 9.57. The molecule has 4 heteroatoms. The van der Waals surface area contributed by atoms with Gasteiger partial charge in [0.15, 0.2) is 0 Å². The second-order valence-electron chi connectivity index (χ2n) is 7.79. The van der Waals surface area contributed by atoms with Crippen LogP contribution in [0, 0.1) is 0 Å². The van der Waals surface area contributed by atoms with Gasteiger partial charge in [0.25, 0.3) is 0 Å². The zero-order valence-electron chi connectivity index (χ0n) is 14.2. The van der Waals surface area contributed by atoms with Gasteiger partial charge in [0, 0.05) is 12.8 Å². The quantitative estimate of drug-likeness (QED) is 0.761. The molecule has 0 bridgehead atoms. The first-order chi connectivity index (χ1) is 10.2. The Labute approximate surface area is 133 Å². The van der Waals surface area contributed by atoms with Crippen molar-refractivity contribution in [1.82, 2.24) is 0 Å². The van der Waals surface area contributed by atoms with E-state index in [4.69, 9.17) is 4.74 Å². The normalized spacial score (nSPS) is 28.1. The number of benzene rings is 1. The fourth-order valence-electron chi connectivity index (χ4n) is 3.97. The van der Waals surface area contributed by atoms with Crippen LogP contribution in [0.1, 0.15) is 40.5 Å². The average Bonchev–Trinajstić information content (AvgIpc) is 2.40. The minimum absolute atomic E-state index is 0.0606. The molecule has 124 valence electrons. The van der Waals surface area contributed by atoms with E-state index < -0.39 is 6.10 Å². The highest BCUT2D eigenvalue weighted by molar-refractivity contribution is 5.20. The Morgan fingerprint density at radius 1 is 1.14 bits per heavy atom. The first-order valence-electron chi connectivity index (χ1n) is 8.11. The molecule has 1 saturated heterocycles. The van der Waals surface area contributed by atoms with Crippen LogP contribution in [0.3, 0.4) is 0 Å². The molecule has 1 aliphatic heterocycles. The molecule has 0 spiro atoms. The van der Waals surface area contributed by atoms with Gasteiger partial charge in [0.05, 0.1) is 17.2 Å². The Morgan fingerprint density at radius 2 is 1.68 bits per heavy atom. The van der Waals surface area contributed by atoms with Gasteiger partial charge < -0.3 is 19.8 Å². The highest BCUT2D eigenvalue weighted by Gasteiger charge is 2.49. The van der Waals surface area contributed by atoms with E-state index in [2.05, 4.69) is 27.7 Å². The third kappa shape index (κ3) is 4.22. The lowest BCUT2D eigenvalue weighted by Crippen LogP contribution is -3.27. The summed E-state index contributed by atoms with van der Waals surface area (Å²) in [5.74, 6) is 0.782. The third-order valence-electron chi connectivity index (χ3n) is 4.75. The summed E-state index contributed by atoms with van der Waals surface area (Å²) in [7, 11) is 0. The van der Waals surface area contributed by atoms with E-state index in [1.54, 1.807) is 0 Å². The van der Waals surface area contributed by atoms with Crippen molar-refractivity contribution in [3.63, 3.8) is 0 Å². The summed E-state index contributed by atoms with van der Waals surface area (Å²) in [5, 5.41) is 20.5. The number of ether oxygens (including phenoxy) is 1. The van der Waals surface area contributed by atoms with Crippen molar-refractivity contribution in [3.8, 4) is 5.75 Å². The van der Waals surface area contributed by atoms with E-state index in [0.29, 0.717) is 13.2 Å². The highest BCUT2D eigenvalue weighted by Crippen LogP contribution is 2.23. The summed E-state index contributed by atoms with van der Waals surface area (Å²) in [4.78, 5) is 1.33. The van der Waals surface area contributed by atoms with Gasteiger partial charge in [-0.15, -0.1) is 0 Å². The van der Waals surface area contributed by atoms with E-state index in [0.717, 1.165) is 18.6 Å². The standard InChI is InChI=1S/C18H29NO3/c1-17(2)10-14(20)11-18(3,4)19(17)12-15(21)13-22-16-8-6-5-7-9-16/h5-9,14-15,20-21H,10-13H2,1-4H3/p+1/t15-/m1/s1. The van der Waals surface area contributed by atoms with Crippen LogP contribution in [0.4, 0.5) is 0 Å². The largest absolute Gasteiger partial charge is 0.491 e. The Morgan fingerprint density at radius 3 is 2.23 bits per heavy atom. The third-order valence-corrected chi connectivity index (χ3v) is 4.75. The number of rotatable bonds is 5. The van der Waals surface area contributed by atoms with Crippen molar-refractivity contribution in [2.75, 3.05) is 13.2 Å². The number of nitrogens with one attached hydrogen (secondary N) is 1. The minimum atomic E-state index is -0.524. The van der Waals surface area contributed by atoms with Crippen LogP contribution >= 0.6 is 0 Å². The van der Waals surface area contributed by atoms with E-state index in [1.165, 1.54) is 4.90 Å². The number of hydrogen-bond acceptors (Lipinski definition) is 3.